The molecule has 2 aromatic heterocycles. The van der Waals surface area contributed by atoms with Gasteiger partial charge in [-0.15, -0.1) is 22.7 Å². The molecule has 218 valence electrons. The smallest absolute Gasteiger partial charge is 0.197 e. The van der Waals surface area contributed by atoms with E-state index < -0.39 is 8.07 Å². The SMILES string of the molecule is O=C1/C(=C\c2ccc(N3c4ccccc4[Si](c4ccccc4)(c4ccccc4)c4ccccc43)s2)C(=O)c2cc3sccc3cc21. The Kier molecular flexibility index (Phi) is 6.18. The van der Waals surface area contributed by atoms with E-state index in [0.717, 1.165) is 31.3 Å². The average Bonchev–Trinajstić information content (AvgIpc) is 3.83. The third-order valence-electron chi connectivity index (χ3n) is 9.20. The summed E-state index contributed by atoms with van der Waals surface area (Å²) in [5.41, 5.74) is 3.55. The lowest BCUT2D eigenvalue weighted by Crippen LogP contribution is -2.77. The molecule has 5 aromatic carbocycles. The monoisotopic (exact) mass is 643 g/mol. The van der Waals surface area contributed by atoms with Crippen LogP contribution in [0.3, 0.4) is 0 Å². The summed E-state index contributed by atoms with van der Waals surface area (Å²) in [6.07, 6.45) is 1.78. The molecule has 0 spiro atoms. The van der Waals surface area contributed by atoms with E-state index >= 15 is 0 Å². The third-order valence-corrected chi connectivity index (χ3v) is 16.0. The lowest BCUT2D eigenvalue weighted by molar-refractivity contribution is 0.0990. The molecule has 3 nitrogen and oxygen atoms in total. The van der Waals surface area contributed by atoms with Crippen molar-refractivity contribution >= 4 is 95.6 Å². The van der Waals surface area contributed by atoms with Crippen LogP contribution in [0.5, 0.6) is 0 Å². The van der Waals surface area contributed by atoms with E-state index in [1.54, 1.807) is 28.7 Å². The fraction of sp³-hybridized carbons (Fsp3) is 0. The Bertz CT molecular complexity index is 2230. The minimum atomic E-state index is -2.68. The summed E-state index contributed by atoms with van der Waals surface area (Å²) in [6.45, 7) is 0. The molecule has 0 amide bonds. The van der Waals surface area contributed by atoms with Gasteiger partial charge in [-0.3, -0.25) is 9.59 Å². The molecule has 0 atom stereocenters. The van der Waals surface area contributed by atoms with Crippen molar-refractivity contribution in [3.8, 4) is 0 Å². The van der Waals surface area contributed by atoms with Crippen molar-refractivity contribution in [3.05, 3.63) is 166 Å². The van der Waals surface area contributed by atoms with Crippen LogP contribution in [-0.2, 0) is 0 Å². The number of ketones is 2. The van der Waals surface area contributed by atoms with Crippen molar-refractivity contribution in [2.45, 2.75) is 0 Å². The minimum absolute atomic E-state index is 0.194. The van der Waals surface area contributed by atoms with Crippen LogP contribution in [0.15, 0.2) is 150 Å². The van der Waals surface area contributed by atoms with Crippen LogP contribution in [0.25, 0.3) is 16.2 Å². The van der Waals surface area contributed by atoms with Crippen LogP contribution in [0.4, 0.5) is 16.4 Å². The molecule has 0 bridgehead atoms. The zero-order valence-corrected chi connectivity index (χ0v) is 27.1. The van der Waals surface area contributed by atoms with Crippen LogP contribution in [-0.4, -0.2) is 19.6 Å². The predicted octanol–water partition coefficient (Wildman–Crippen LogP) is 7.59. The van der Waals surface area contributed by atoms with E-state index in [1.807, 2.05) is 29.6 Å². The largest absolute Gasteiger partial charge is 0.302 e. The number of fused-ring (bicyclic) bond motifs is 4. The maximum atomic E-state index is 13.5. The summed E-state index contributed by atoms with van der Waals surface area (Å²) in [5.74, 6) is -0.390. The highest BCUT2D eigenvalue weighted by molar-refractivity contribution is 7.22. The number of carbonyl (C=O) groups excluding carboxylic acids is 2. The molecule has 7 aromatic rings. The highest BCUT2D eigenvalue weighted by atomic mass is 32.1. The Labute approximate surface area is 275 Å². The van der Waals surface area contributed by atoms with Crippen molar-refractivity contribution in [3.63, 3.8) is 0 Å². The Hall–Kier alpha value is -5.14. The van der Waals surface area contributed by atoms with Gasteiger partial charge < -0.3 is 4.90 Å². The van der Waals surface area contributed by atoms with E-state index in [1.165, 1.54) is 20.7 Å². The molecular formula is C40H25NO2S2Si. The van der Waals surface area contributed by atoms with Crippen LogP contribution in [0.2, 0.25) is 0 Å². The van der Waals surface area contributed by atoms with Gasteiger partial charge in [0.15, 0.2) is 19.6 Å². The van der Waals surface area contributed by atoms with E-state index in [2.05, 4.69) is 120 Å². The lowest BCUT2D eigenvalue weighted by atomic mass is 10.1. The van der Waals surface area contributed by atoms with Crippen molar-refractivity contribution in [1.82, 2.24) is 0 Å². The van der Waals surface area contributed by atoms with Crippen molar-refractivity contribution < 1.29 is 9.59 Å². The first-order chi connectivity index (χ1) is 22.6. The molecule has 46 heavy (non-hydrogen) atoms. The molecule has 0 N–H and O–H groups in total. The number of Topliss-reactive ketones (excluding diaryl/α,β-unsaturated/α-hetero) is 2. The summed E-state index contributed by atoms with van der Waals surface area (Å²) in [5, 5.41) is 9.36. The second-order valence-corrected chi connectivity index (χ2v) is 17.4. The highest BCUT2D eigenvalue weighted by Crippen LogP contribution is 2.42. The molecule has 0 saturated carbocycles. The van der Waals surface area contributed by atoms with Crippen LogP contribution < -0.4 is 25.6 Å². The van der Waals surface area contributed by atoms with E-state index in [4.69, 9.17) is 0 Å². The number of thiophene rings is 2. The Balaban J connectivity index is 1.20. The molecule has 9 rings (SSSR count). The second-order valence-electron chi connectivity index (χ2n) is 11.6. The zero-order valence-electron chi connectivity index (χ0n) is 24.5. The number of anilines is 3. The number of carbonyl (C=O) groups is 2. The number of allylic oxidation sites excluding steroid dienone is 1. The van der Waals surface area contributed by atoms with Gasteiger partial charge in [0.25, 0.3) is 0 Å². The summed E-state index contributed by atoms with van der Waals surface area (Å²) in [4.78, 5) is 30.2. The molecule has 2 aliphatic rings. The van der Waals surface area contributed by atoms with Crippen molar-refractivity contribution in [2.24, 2.45) is 0 Å². The second kappa shape index (κ2) is 10.5. The van der Waals surface area contributed by atoms with E-state index in [-0.39, 0.29) is 17.1 Å². The van der Waals surface area contributed by atoms with Crippen LogP contribution in [0.1, 0.15) is 25.6 Å². The van der Waals surface area contributed by atoms with Gasteiger partial charge in [0.2, 0.25) is 0 Å². The first-order valence-electron chi connectivity index (χ1n) is 15.2. The molecular weight excluding hydrogens is 619 g/mol. The standard InChI is InChI=1S/C40H25NO2S2Si/c42-39-30-23-26-21-22-44-35(26)25-31(30)40(43)32(39)24-27-19-20-38(45-27)41-33-15-7-9-17-36(33)46(28-11-3-1-4-12-28,29-13-5-2-6-14-29)37-18-10-8-16-34(37)41/h1-25H/b32-24+. The van der Waals surface area contributed by atoms with Gasteiger partial charge in [-0.05, 0) is 80.1 Å². The molecule has 0 saturated heterocycles. The predicted molar refractivity (Wildman–Crippen MR) is 195 cm³/mol. The quantitative estimate of drug-likeness (QED) is 0.113. The van der Waals surface area contributed by atoms with Gasteiger partial charge in [0, 0.05) is 32.1 Å². The normalized spacial score (nSPS) is 15.7. The number of rotatable bonds is 4. The average molecular weight is 644 g/mol. The number of hydrogen-bond donors (Lipinski definition) is 0. The zero-order chi connectivity index (χ0) is 30.8. The van der Waals surface area contributed by atoms with Crippen LogP contribution >= 0.6 is 22.7 Å². The fourth-order valence-electron chi connectivity index (χ4n) is 7.24. The topological polar surface area (TPSA) is 37.4 Å². The first-order valence-corrected chi connectivity index (χ1v) is 18.9. The molecule has 0 unspecified atom stereocenters. The number of para-hydroxylation sites is 2. The molecule has 3 heterocycles. The summed E-state index contributed by atoms with van der Waals surface area (Å²) >= 11 is 3.18. The number of nitrogens with zero attached hydrogens (tertiary/aromatic N) is 1. The minimum Gasteiger partial charge on any atom is -0.302 e. The molecule has 0 fully saturated rings. The van der Waals surface area contributed by atoms with Gasteiger partial charge in [0.1, 0.15) is 5.00 Å². The van der Waals surface area contributed by atoms with Crippen molar-refractivity contribution in [1.29, 1.82) is 0 Å². The highest BCUT2D eigenvalue weighted by Gasteiger charge is 2.48. The molecule has 0 radical (unpaired) electrons. The molecule has 1 aliphatic heterocycles. The lowest BCUT2D eigenvalue weighted by Gasteiger charge is -2.44. The van der Waals surface area contributed by atoms with E-state index in [9.17, 15) is 9.59 Å². The number of hydrogen-bond acceptors (Lipinski definition) is 5. The molecule has 6 heteroatoms. The third kappa shape index (κ3) is 3.88. The van der Waals surface area contributed by atoms with Gasteiger partial charge >= 0.3 is 0 Å². The maximum Gasteiger partial charge on any atom is 0.197 e. The van der Waals surface area contributed by atoms with Gasteiger partial charge in [-0.25, -0.2) is 0 Å². The van der Waals surface area contributed by atoms with Crippen LogP contribution in [0, 0.1) is 0 Å². The van der Waals surface area contributed by atoms with Gasteiger partial charge in [-0.1, -0.05) is 97.1 Å². The van der Waals surface area contributed by atoms with Crippen molar-refractivity contribution in [2.75, 3.05) is 4.90 Å². The first kappa shape index (κ1) is 27.2. The summed E-state index contributed by atoms with van der Waals surface area (Å²) < 4.78 is 1.02. The Morgan fingerprint density at radius 1 is 0.587 bits per heavy atom. The Morgan fingerprint density at radius 2 is 1.15 bits per heavy atom. The Morgan fingerprint density at radius 3 is 1.78 bits per heavy atom. The van der Waals surface area contributed by atoms with Gasteiger partial charge in [-0.2, -0.15) is 0 Å². The summed E-state index contributed by atoms with van der Waals surface area (Å²) in [7, 11) is -2.68. The molecule has 1 aliphatic carbocycles. The fourth-order valence-corrected chi connectivity index (χ4v) is 14.1. The summed E-state index contributed by atoms with van der Waals surface area (Å²) in [6, 6.07) is 49.4. The number of benzene rings is 5. The van der Waals surface area contributed by atoms with E-state index in [0.29, 0.717) is 11.1 Å². The maximum absolute atomic E-state index is 13.5. The van der Waals surface area contributed by atoms with Gasteiger partial charge in [0.05, 0.1) is 5.57 Å².